The minimum Gasteiger partial charge on any atom is -0.460 e. The average Bonchev–Trinajstić information content (AvgIpc) is 2.54. The molecule has 5 nitrogen and oxygen atoms in total. The molecule has 0 unspecified atom stereocenters. The topological polar surface area (TPSA) is 63.7 Å². The van der Waals surface area contributed by atoms with Gasteiger partial charge in [0.25, 0.3) is 0 Å². The lowest BCUT2D eigenvalue weighted by Crippen LogP contribution is -2.33. The summed E-state index contributed by atoms with van der Waals surface area (Å²) in [5.74, 6) is -0.627. The predicted octanol–water partition coefficient (Wildman–Crippen LogP) is 3.47. The van der Waals surface area contributed by atoms with Crippen LogP contribution < -0.4 is 0 Å². The van der Waals surface area contributed by atoms with E-state index in [-0.39, 0.29) is 18.0 Å². The summed E-state index contributed by atoms with van der Waals surface area (Å²) < 4.78 is 31.7. The monoisotopic (exact) mass is 431 g/mol. The second-order valence-corrected chi connectivity index (χ2v) is 8.40. The number of esters is 1. The number of benzene rings is 2. The fraction of sp³-hybridized carbons (Fsp3) is 0.188. The normalized spacial score (nSPS) is 11.5. The molecule has 0 fully saturated rings. The van der Waals surface area contributed by atoms with Gasteiger partial charge in [-0.15, -0.1) is 0 Å². The lowest BCUT2D eigenvalue weighted by molar-refractivity contribution is -0.144. The third kappa shape index (κ3) is 5.04. The molecule has 0 saturated heterocycles. The van der Waals surface area contributed by atoms with Gasteiger partial charge in [0, 0.05) is 16.5 Å². The van der Waals surface area contributed by atoms with E-state index in [1.54, 1.807) is 0 Å². The van der Waals surface area contributed by atoms with Gasteiger partial charge in [-0.05, 0) is 42.0 Å². The first-order valence-electron chi connectivity index (χ1n) is 6.91. The highest BCUT2D eigenvalue weighted by atomic mass is 79.9. The molecular weight excluding hydrogens is 418 g/mol. The Hall–Kier alpha value is -1.41. The van der Waals surface area contributed by atoms with E-state index >= 15 is 0 Å². The van der Waals surface area contributed by atoms with Crippen molar-refractivity contribution < 1.29 is 17.9 Å². The van der Waals surface area contributed by atoms with Gasteiger partial charge in [-0.2, -0.15) is 4.31 Å². The number of carbonyl (C=O) groups excluding carboxylic acids is 1. The van der Waals surface area contributed by atoms with Crippen molar-refractivity contribution in [1.82, 2.24) is 4.31 Å². The zero-order chi connectivity index (χ0) is 17.7. The Morgan fingerprint density at radius 3 is 2.29 bits per heavy atom. The van der Waals surface area contributed by atoms with Gasteiger partial charge < -0.3 is 4.74 Å². The number of nitrogens with zero attached hydrogens (tertiary/aromatic N) is 1. The molecule has 0 aliphatic heterocycles. The van der Waals surface area contributed by atoms with Crippen LogP contribution in [0.15, 0.2) is 57.9 Å². The molecule has 8 heteroatoms. The minimum absolute atomic E-state index is 0.0649. The molecule has 128 valence electrons. The molecule has 24 heavy (non-hydrogen) atoms. The van der Waals surface area contributed by atoms with Gasteiger partial charge in [-0.25, -0.2) is 8.42 Å². The standard InChI is InChI=1S/C16H15BrClNO4S/c1-19(24(21,22)15-8-6-14(18)7-9-15)10-16(20)23-11-12-2-4-13(17)5-3-12/h2-9H,10-11H2,1H3. The van der Waals surface area contributed by atoms with Crippen molar-refractivity contribution in [3.05, 3.63) is 63.6 Å². The van der Waals surface area contributed by atoms with Gasteiger partial charge in [-0.1, -0.05) is 39.7 Å². The summed E-state index contributed by atoms with van der Waals surface area (Å²) in [6.45, 7) is -0.289. The van der Waals surface area contributed by atoms with E-state index in [2.05, 4.69) is 15.9 Å². The molecule has 2 aromatic carbocycles. The Labute approximate surface area is 154 Å². The first-order valence-corrected chi connectivity index (χ1v) is 9.52. The maximum Gasteiger partial charge on any atom is 0.321 e. The molecular formula is C16H15BrClNO4S. The van der Waals surface area contributed by atoms with Crippen LogP contribution in [0.1, 0.15) is 5.56 Å². The second-order valence-electron chi connectivity index (χ2n) is 5.00. The van der Waals surface area contributed by atoms with E-state index in [1.807, 2.05) is 24.3 Å². The van der Waals surface area contributed by atoms with Gasteiger partial charge in [-0.3, -0.25) is 4.79 Å². The van der Waals surface area contributed by atoms with Crippen molar-refractivity contribution >= 4 is 43.5 Å². The highest BCUT2D eigenvalue weighted by Gasteiger charge is 2.23. The smallest absolute Gasteiger partial charge is 0.321 e. The molecule has 0 N–H and O–H groups in total. The summed E-state index contributed by atoms with van der Waals surface area (Å²) in [5.41, 5.74) is 0.815. The fourth-order valence-electron chi connectivity index (χ4n) is 1.84. The van der Waals surface area contributed by atoms with Crippen LogP contribution in [0.25, 0.3) is 0 Å². The zero-order valence-electron chi connectivity index (χ0n) is 12.8. The third-order valence-corrected chi connectivity index (χ3v) is 5.78. The van der Waals surface area contributed by atoms with Crippen LogP contribution in [0.5, 0.6) is 0 Å². The number of rotatable bonds is 6. The quantitative estimate of drug-likeness (QED) is 0.656. The van der Waals surface area contributed by atoms with E-state index in [4.69, 9.17) is 16.3 Å². The molecule has 0 spiro atoms. The van der Waals surface area contributed by atoms with Crippen LogP contribution in [0.4, 0.5) is 0 Å². The van der Waals surface area contributed by atoms with Gasteiger partial charge in [0.15, 0.2) is 0 Å². The number of ether oxygens (including phenoxy) is 1. The van der Waals surface area contributed by atoms with Crippen molar-refractivity contribution in [2.24, 2.45) is 0 Å². The van der Waals surface area contributed by atoms with E-state index < -0.39 is 16.0 Å². The number of halogens is 2. The summed E-state index contributed by atoms with van der Waals surface area (Å²) in [4.78, 5) is 11.9. The number of sulfonamides is 1. The van der Waals surface area contributed by atoms with Gasteiger partial charge in [0.2, 0.25) is 10.0 Å². The van der Waals surface area contributed by atoms with E-state index in [9.17, 15) is 13.2 Å². The molecule has 2 aromatic rings. The lowest BCUT2D eigenvalue weighted by Gasteiger charge is -2.16. The molecule has 0 radical (unpaired) electrons. The summed E-state index contributed by atoms with van der Waals surface area (Å²) in [7, 11) is -2.45. The van der Waals surface area contributed by atoms with Crippen molar-refractivity contribution in [3.63, 3.8) is 0 Å². The van der Waals surface area contributed by atoms with Crippen LogP contribution in [-0.2, 0) is 26.2 Å². The van der Waals surface area contributed by atoms with Crippen molar-refractivity contribution in [2.75, 3.05) is 13.6 Å². The number of hydrogen-bond acceptors (Lipinski definition) is 4. The SMILES string of the molecule is CN(CC(=O)OCc1ccc(Br)cc1)S(=O)(=O)c1ccc(Cl)cc1. The molecule has 0 atom stereocenters. The van der Waals surface area contributed by atoms with Crippen LogP contribution in [0, 0.1) is 0 Å². The highest BCUT2D eigenvalue weighted by Crippen LogP contribution is 2.17. The second kappa shape index (κ2) is 8.11. The molecule has 0 saturated carbocycles. The predicted molar refractivity (Wildman–Crippen MR) is 95.2 cm³/mol. The van der Waals surface area contributed by atoms with Crippen molar-refractivity contribution in [3.8, 4) is 0 Å². The maximum atomic E-state index is 12.4. The first kappa shape index (κ1) is 18.9. The molecule has 0 aliphatic rings. The molecule has 0 bridgehead atoms. The van der Waals surface area contributed by atoms with Crippen molar-refractivity contribution in [2.45, 2.75) is 11.5 Å². The van der Waals surface area contributed by atoms with Gasteiger partial charge in [0.1, 0.15) is 13.2 Å². The average molecular weight is 433 g/mol. The number of likely N-dealkylation sites (N-methyl/N-ethyl adjacent to an activating group) is 1. The molecule has 0 heterocycles. The van der Waals surface area contributed by atoms with Crippen LogP contribution in [0.2, 0.25) is 5.02 Å². The largest absolute Gasteiger partial charge is 0.460 e. The van der Waals surface area contributed by atoms with Crippen LogP contribution >= 0.6 is 27.5 Å². The first-order chi connectivity index (χ1) is 11.3. The summed E-state index contributed by atoms with van der Waals surface area (Å²) >= 11 is 9.07. The highest BCUT2D eigenvalue weighted by molar-refractivity contribution is 9.10. The number of hydrogen-bond donors (Lipinski definition) is 0. The maximum absolute atomic E-state index is 12.4. The summed E-state index contributed by atoms with van der Waals surface area (Å²) in [5, 5.41) is 0.436. The third-order valence-electron chi connectivity index (χ3n) is 3.19. The van der Waals surface area contributed by atoms with E-state index in [0.29, 0.717) is 5.02 Å². The zero-order valence-corrected chi connectivity index (χ0v) is 15.9. The Bertz CT molecular complexity index is 807. The Kier molecular flexibility index (Phi) is 6.40. The molecule has 2 rings (SSSR count). The van der Waals surface area contributed by atoms with Crippen molar-refractivity contribution in [1.29, 1.82) is 0 Å². The fourth-order valence-corrected chi connectivity index (χ4v) is 3.35. The van der Waals surface area contributed by atoms with Gasteiger partial charge >= 0.3 is 5.97 Å². The van der Waals surface area contributed by atoms with Gasteiger partial charge in [0.05, 0.1) is 4.90 Å². The Balaban J connectivity index is 1.95. The molecule has 0 aliphatic carbocycles. The Morgan fingerprint density at radius 2 is 1.71 bits per heavy atom. The summed E-state index contributed by atoms with van der Waals surface area (Å²) in [6.07, 6.45) is 0. The van der Waals surface area contributed by atoms with E-state index in [1.165, 1.54) is 31.3 Å². The Morgan fingerprint density at radius 1 is 1.12 bits per heavy atom. The molecule has 0 aromatic heterocycles. The van der Waals surface area contributed by atoms with Crippen LogP contribution in [0.3, 0.4) is 0 Å². The minimum atomic E-state index is -3.77. The van der Waals surface area contributed by atoms with Crippen LogP contribution in [-0.4, -0.2) is 32.3 Å². The van der Waals surface area contributed by atoms with E-state index in [0.717, 1.165) is 14.3 Å². The molecule has 0 amide bonds. The lowest BCUT2D eigenvalue weighted by atomic mass is 10.2. The summed E-state index contributed by atoms with van der Waals surface area (Å²) in [6, 6.07) is 13.0. The number of carbonyl (C=O) groups is 1.